The van der Waals surface area contributed by atoms with Gasteiger partial charge in [-0.05, 0) is 54.4 Å². The molecule has 3 aromatic rings. The van der Waals surface area contributed by atoms with Crippen LogP contribution < -0.4 is 0 Å². The van der Waals surface area contributed by atoms with E-state index in [0.29, 0.717) is 11.4 Å². The average Bonchev–Trinajstić information content (AvgIpc) is 2.65. The van der Waals surface area contributed by atoms with Gasteiger partial charge >= 0.3 is 5.97 Å². The van der Waals surface area contributed by atoms with Gasteiger partial charge in [0.15, 0.2) is 0 Å². The van der Waals surface area contributed by atoms with Crippen molar-refractivity contribution in [1.29, 1.82) is 0 Å². The number of carboxylic acid groups (broad SMARTS) is 1. The van der Waals surface area contributed by atoms with E-state index in [-0.39, 0.29) is 0 Å². The van der Waals surface area contributed by atoms with Gasteiger partial charge in [-0.1, -0.05) is 59.8 Å². The van der Waals surface area contributed by atoms with E-state index in [4.69, 9.17) is 11.6 Å². The van der Waals surface area contributed by atoms with Crippen LogP contribution in [0.5, 0.6) is 0 Å². The lowest BCUT2D eigenvalue weighted by atomic mass is 10.1. The summed E-state index contributed by atoms with van der Waals surface area (Å²) >= 11 is 8.91. The molecule has 5 heteroatoms. The summed E-state index contributed by atoms with van der Waals surface area (Å²) in [5.74, 6) is -0.815. The minimum Gasteiger partial charge on any atom is -0.480 e. The number of carbonyl (C=O) groups is 1. The lowest BCUT2D eigenvalue weighted by molar-refractivity contribution is -0.136. The Morgan fingerprint density at radius 1 is 0.885 bits per heavy atom. The van der Waals surface area contributed by atoms with Gasteiger partial charge in [0.25, 0.3) is 0 Å². The van der Waals surface area contributed by atoms with E-state index in [9.17, 15) is 9.90 Å². The third-order valence-corrected chi connectivity index (χ3v) is 6.29. The molecule has 3 aromatic carbocycles. The zero-order chi connectivity index (χ0) is 18.4. The summed E-state index contributed by atoms with van der Waals surface area (Å²) in [4.78, 5) is 14.9. The number of benzene rings is 3. The van der Waals surface area contributed by atoms with Gasteiger partial charge in [-0.15, -0.1) is 11.8 Å². The van der Waals surface area contributed by atoms with Gasteiger partial charge in [-0.25, -0.2) is 0 Å². The molecule has 0 bridgehead atoms. The third-order valence-electron chi connectivity index (χ3n) is 3.72. The van der Waals surface area contributed by atoms with Crippen molar-refractivity contribution in [1.82, 2.24) is 0 Å². The van der Waals surface area contributed by atoms with Crippen LogP contribution in [0.1, 0.15) is 5.56 Å². The molecule has 0 aromatic heterocycles. The molecule has 0 heterocycles. The zero-order valence-electron chi connectivity index (χ0n) is 13.8. The van der Waals surface area contributed by atoms with Crippen molar-refractivity contribution in [3.8, 4) is 0 Å². The van der Waals surface area contributed by atoms with Crippen LogP contribution in [0.15, 0.2) is 93.5 Å². The van der Waals surface area contributed by atoms with Crippen molar-refractivity contribution in [3.63, 3.8) is 0 Å². The Bertz CT molecular complexity index is 867. The van der Waals surface area contributed by atoms with Gasteiger partial charge in [0.05, 0.1) is 0 Å². The minimum absolute atomic E-state index is 0.457. The Morgan fingerprint density at radius 2 is 1.54 bits per heavy atom. The highest BCUT2D eigenvalue weighted by molar-refractivity contribution is 8.00. The van der Waals surface area contributed by atoms with Gasteiger partial charge in [-0.3, -0.25) is 4.79 Å². The van der Waals surface area contributed by atoms with E-state index in [1.165, 1.54) is 11.8 Å². The Morgan fingerprint density at radius 3 is 2.23 bits per heavy atom. The molecule has 3 rings (SSSR count). The first-order chi connectivity index (χ1) is 12.6. The average molecular weight is 401 g/mol. The largest absolute Gasteiger partial charge is 0.480 e. The fourth-order valence-corrected chi connectivity index (χ4v) is 4.53. The molecule has 0 fully saturated rings. The van der Waals surface area contributed by atoms with Gasteiger partial charge in [0.1, 0.15) is 5.25 Å². The molecule has 0 aliphatic rings. The van der Waals surface area contributed by atoms with Crippen LogP contribution in [0.3, 0.4) is 0 Å². The van der Waals surface area contributed by atoms with Crippen molar-refractivity contribution in [3.05, 3.63) is 89.4 Å². The van der Waals surface area contributed by atoms with Crippen molar-refractivity contribution in [2.75, 3.05) is 0 Å². The van der Waals surface area contributed by atoms with Crippen LogP contribution >= 0.6 is 35.1 Å². The first-order valence-electron chi connectivity index (χ1n) is 8.07. The molecule has 0 amide bonds. The minimum atomic E-state index is -0.815. The predicted molar refractivity (Wildman–Crippen MR) is 109 cm³/mol. The van der Waals surface area contributed by atoms with Crippen LogP contribution in [0, 0.1) is 0 Å². The van der Waals surface area contributed by atoms with Gasteiger partial charge in [-0.2, -0.15) is 0 Å². The Balaban J connectivity index is 1.79. The maximum atomic E-state index is 11.8. The number of carboxylic acids is 1. The van der Waals surface area contributed by atoms with E-state index in [2.05, 4.69) is 12.1 Å². The van der Waals surface area contributed by atoms with Crippen LogP contribution in [0.2, 0.25) is 5.02 Å². The molecule has 26 heavy (non-hydrogen) atoms. The molecule has 0 saturated carbocycles. The van der Waals surface area contributed by atoms with Crippen LogP contribution in [0.4, 0.5) is 0 Å². The topological polar surface area (TPSA) is 37.3 Å². The summed E-state index contributed by atoms with van der Waals surface area (Å²) in [6.45, 7) is 0. The molecule has 0 radical (unpaired) electrons. The summed E-state index contributed by atoms with van der Waals surface area (Å²) in [5.41, 5.74) is 1.04. The van der Waals surface area contributed by atoms with E-state index in [1.54, 1.807) is 23.9 Å². The second-order valence-corrected chi connectivity index (χ2v) is 8.45. The van der Waals surface area contributed by atoms with E-state index in [0.717, 1.165) is 20.2 Å². The zero-order valence-corrected chi connectivity index (χ0v) is 16.2. The number of halogens is 1. The van der Waals surface area contributed by atoms with Gasteiger partial charge in [0, 0.05) is 19.7 Å². The van der Waals surface area contributed by atoms with Crippen molar-refractivity contribution in [2.45, 2.75) is 26.4 Å². The summed E-state index contributed by atoms with van der Waals surface area (Å²) in [7, 11) is 0. The Hall–Kier alpha value is -1.88. The first kappa shape index (κ1) is 18.9. The molecule has 2 nitrogen and oxygen atoms in total. The monoisotopic (exact) mass is 400 g/mol. The SMILES string of the molecule is O=C(O)[C@H](Cc1ccccc1Sc1ccccc1)Sc1ccc(Cl)cc1. The molecular formula is C21H17ClO2S2. The number of aliphatic carboxylic acids is 1. The highest BCUT2D eigenvalue weighted by Crippen LogP contribution is 2.33. The summed E-state index contributed by atoms with van der Waals surface area (Å²) in [6, 6.07) is 25.3. The Labute approximate surface area is 166 Å². The van der Waals surface area contributed by atoms with E-state index >= 15 is 0 Å². The Kier molecular flexibility index (Phi) is 6.67. The molecule has 0 spiro atoms. The molecule has 1 atom stereocenters. The lowest BCUT2D eigenvalue weighted by Gasteiger charge is -2.15. The van der Waals surface area contributed by atoms with Crippen molar-refractivity contribution in [2.24, 2.45) is 0 Å². The highest BCUT2D eigenvalue weighted by atomic mass is 35.5. The number of hydrogen-bond donors (Lipinski definition) is 1. The first-order valence-corrected chi connectivity index (χ1v) is 10.1. The van der Waals surface area contributed by atoms with E-state index in [1.807, 2.05) is 54.6 Å². The smallest absolute Gasteiger partial charge is 0.317 e. The van der Waals surface area contributed by atoms with Gasteiger partial charge in [0.2, 0.25) is 0 Å². The summed E-state index contributed by atoms with van der Waals surface area (Å²) < 4.78 is 0. The fraction of sp³-hybridized carbons (Fsp3) is 0.0952. The molecule has 0 saturated heterocycles. The number of hydrogen-bond acceptors (Lipinski definition) is 3. The summed E-state index contributed by atoms with van der Waals surface area (Å²) in [5, 5.41) is 9.76. The summed E-state index contributed by atoms with van der Waals surface area (Å²) in [6.07, 6.45) is 0.457. The van der Waals surface area contributed by atoms with Gasteiger partial charge < -0.3 is 5.11 Å². The van der Waals surface area contributed by atoms with E-state index < -0.39 is 11.2 Å². The second-order valence-electron chi connectivity index (χ2n) is 5.63. The fourth-order valence-electron chi connectivity index (χ4n) is 2.44. The number of thioether (sulfide) groups is 1. The lowest BCUT2D eigenvalue weighted by Crippen LogP contribution is -2.19. The molecule has 0 unspecified atom stereocenters. The molecule has 132 valence electrons. The van der Waals surface area contributed by atoms with Crippen LogP contribution in [0.25, 0.3) is 0 Å². The quantitative estimate of drug-likeness (QED) is 0.473. The third kappa shape index (κ3) is 5.31. The highest BCUT2D eigenvalue weighted by Gasteiger charge is 2.21. The predicted octanol–water partition coefficient (Wildman–Crippen LogP) is 6.28. The standard InChI is InChI=1S/C21H17ClO2S2/c22-16-10-12-18(13-11-16)26-20(21(23)24)14-15-6-4-5-9-19(15)25-17-7-2-1-3-8-17/h1-13,20H,14H2,(H,23,24)/t20-/m0/s1. The normalized spacial score (nSPS) is 11.9. The number of rotatable bonds is 7. The van der Waals surface area contributed by atoms with Crippen LogP contribution in [-0.2, 0) is 11.2 Å². The molecular weight excluding hydrogens is 384 g/mol. The van der Waals surface area contributed by atoms with Crippen molar-refractivity contribution < 1.29 is 9.90 Å². The maximum Gasteiger partial charge on any atom is 0.317 e. The second kappa shape index (κ2) is 9.17. The molecule has 1 N–H and O–H groups in total. The van der Waals surface area contributed by atoms with Crippen LogP contribution in [-0.4, -0.2) is 16.3 Å². The molecule has 0 aliphatic heterocycles. The maximum absolute atomic E-state index is 11.8. The van der Waals surface area contributed by atoms with Crippen molar-refractivity contribution >= 4 is 41.1 Å². The molecule has 0 aliphatic carbocycles.